The van der Waals surface area contributed by atoms with E-state index in [1.54, 1.807) is 25.3 Å². The summed E-state index contributed by atoms with van der Waals surface area (Å²) in [7, 11) is 3.10. The van der Waals surface area contributed by atoms with Gasteiger partial charge in [0.25, 0.3) is 0 Å². The maximum Gasteiger partial charge on any atom is 0.170 e. The standard InChI is InChI=1S/C16H18FNO2/c1-11-9-13(7-8-14(11)19-2)18-10-12-5-4-6-15(20-3)16(12)17/h4-9,18H,10H2,1-3H3. The number of nitrogens with one attached hydrogen (secondary N) is 1. The minimum absolute atomic E-state index is 0.259. The molecule has 0 aromatic heterocycles. The first-order chi connectivity index (χ1) is 9.65. The molecule has 2 aromatic rings. The van der Waals surface area contributed by atoms with Crippen LogP contribution >= 0.6 is 0 Å². The van der Waals surface area contributed by atoms with Gasteiger partial charge in [0.2, 0.25) is 0 Å². The number of halogens is 1. The number of benzene rings is 2. The molecule has 0 aliphatic rings. The molecule has 0 bridgehead atoms. The number of anilines is 1. The van der Waals surface area contributed by atoms with Crippen molar-refractivity contribution in [3.8, 4) is 11.5 Å². The van der Waals surface area contributed by atoms with Crippen LogP contribution < -0.4 is 14.8 Å². The van der Waals surface area contributed by atoms with E-state index in [1.807, 2.05) is 25.1 Å². The summed E-state index contributed by atoms with van der Waals surface area (Å²) >= 11 is 0. The largest absolute Gasteiger partial charge is 0.496 e. The molecule has 20 heavy (non-hydrogen) atoms. The molecule has 0 radical (unpaired) electrons. The molecule has 0 fully saturated rings. The van der Waals surface area contributed by atoms with E-state index in [1.165, 1.54) is 7.11 Å². The Kier molecular flexibility index (Phi) is 4.45. The van der Waals surface area contributed by atoms with E-state index >= 15 is 0 Å². The molecule has 2 rings (SSSR count). The third kappa shape index (κ3) is 3.02. The maximum atomic E-state index is 14.0. The van der Waals surface area contributed by atoms with E-state index in [0.29, 0.717) is 12.1 Å². The molecule has 1 N–H and O–H groups in total. The highest BCUT2D eigenvalue weighted by Gasteiger charge is 2.08. The summed E-state index contributed by atoms with van der Waals surface area (Å²) < 4.78 is 24.2. The molecule has 2 aromatic carbocycles. The van der Waals surface area contributed by atoms with Gasteiger partial charge in [0, 0.05) is 17.8 Å². The molecule has 4 heteroatoms. The predicted octanol–water partition coefficient (Wildman–Crippen LogP) is 3.76. The highest BCUT2D eigenvalue weighted by atomic mass is 19.1. The Bertz CT molecular complexity index is 599. The highest BCUT2D eigenvalue weighted by Crippen LogP contribution is 2.23. The van der Waals surface area contributed by atoms with Crippen LogP contribution in [-0.4, -0.2) is 14.2 Å². The normalized spacial score (nSPS) is 10.2. The minimum atomic E-state index is -0.326. The van der Waals surface area contributed by atoms with Gasteiger partial charge in [-0.15, -0.1) is 0 Å². The molecule has 0 unspecified atom stereocenters. The van der Waals surface area contributed by atoms with E-state index in [9.17, 15) is 4.39 Å². The van der Waals surface area contributed by atoms with Gasteiger partial charge in [0.1, 0.15) is 5.75 Å². The summed E-state index contributed by atoms with van der Waals surface area (Å²) in [4.78, 5) is 0. The van der Waals surface area contributed by atoms with Crippen LogP contribution in [0.3, 0.4) is 0 Å². The number of ether oxygens (including phenoxy) is 2. The van der Waals surface area contributed by atoms with Crippen LogP contribution in [0.15, 0.2) is 36.4 Å². The lowest BCUT2D eigenvalue weighted by atomic mass is 10.1. The van der Waals surface area contributed by atoms with E-state index in [-0.39, 0.29) is 11.6 Å². The molecular weight excluding hydrogens is 257 g/mol. The number of hydrogen-bond acceptors (Lipinski definition) is 3. The van der Waals surface area contributed by atoms with E-state index in [4.69, 9.17) is 9.47 Å². The van der Waals surface area contributed by atoms with Crippen molar-refractivity contribution < 1.29 is 13.9 Å². The Morgan fingerprint density at radius 2 is 1.80 bits per heavy atom. The van der Waals surface area contributed by atoms with Crippen molar-refractivity contribution in [1.29, 1.82) is 0 Å². The first-order valence-electron chi connectivity index (χ1n) is 6.35. The second kappa shape index (κ2) is 6.28. The van der Waals surface area contributed by atoms with Crippen molar-refractivity contribution >= 4 is 5.69 Å². The fourth-order valence-electron chi connectivity index (χ4n) is 2.04. The molecule has 0 aliphatic heterocycles. The lowest BCUT2D eigenvalue weighted by Crippen LogP contribution is -2.03. The Labute approximate surface area is 118 Å². The van der Waals surface area contributed by atoms with Crippen molar-refractivity contribution in [3.05, 3.63) is 53.3 Å². The van der Waals surface area contributed by atoms with Gasteiger partial charge in [-0.2, -0.15) is 0 Å². The summed E-state index contributed by atoms with van der Waals surface area (Å²) in [5, 5.41) is 3.19. The lowest BCUT2D eigenvalue weighted by Gasteiger charge is -2.11. The molecule has 0 saturated carbocycles. The summed E-state index contributed by atoms with van der Waals surface area (Å²) in [6, 6.07) is 10.9. The van der Waals surface area contributed by atoms with Gasteiger partial charge in [0.05, 0.1) is 14.2 Å². The quantitative estimate of drug-likeness (QED) is 0.901. The Hall–Kier alpha value is -2.23. The molecule has 106 valence electrons. The zero-order valence-electron chi connectivity index (χ0n) is 11.9. The lowest BCUT2D eigenvalue weighted by molar-refractivity contribution is 0.384. The minimum Gasteiger partial charge on any atom is -0.496 e. The van der Waals surface area contributed by atoms with Gasteiger partial charge in [-0.3, -0.25) is 0 Å². The first kappa shape index (κ1) is 14.2. The molecule has 3 nitrogen and oxygen atoms in total. The van der Waals surface area contributed by atoms with E-state index in [2.05, 4.69) is 5.32 Å². The van der Waals surface area contributed by atoms with Crippen LogP contribution in [0.1, 0.15) is 11.1 Å². The summed E-state index contributed by atoms with van der Waals surface area (Å²) in [5.41, 5.74) is 2.52. The zero-order chi connectivity index (χ0) is 14.5. The van der Waals surface area contributed by atoms with Crippen LogP contribution in [0.4, 0.5) is 10.1 Å². The Morgan fingerprint density at radius 3 is 2.45 bits per heavy atom. The number of methoxy groups -OCH3 is 2. The van der Waals surface area contributed by atoms with Gasteiger partial charge < -0.3 is 14.8 Å². The fourth-order valence-corrected chi connectivity index (χ4v) is 2.04. The second-order valence-corrected chi connectivity index (χ2v) is 4.47. The summed E-state index contributed by atoms with van der Waals surface area (Å²) in [6.07, 6.45) is 0. The fraction of sp³-hybridized carbons (Fsp3) is 0.250. The van der Waals surface area contributed by atoms with Gasteiger partial charge in [-0.1, -0.05) is 12.1 Å². The average molecular weight is 275 g/mol. The Morgan fingerprint density at radius 1 is 1.05 bits per heavy atom. The van der Waals surface area contributed by atoms with Crippen molar-refractivity contribution in [2.24, 2.45) is 0 Å². The Balaban J connectivity index is 2.11. The maximum absolute atomic E-state index is 14.0. The second-order valence-electron chi connectivity index (χ2n) is 4.47. The van der Waals surface area contributed by atoms with Gasteiger partial charge in [-0.25, -0.2) is 4.39 Å². The number of rotatable bonds is 5. The van der Waals surface area contributed by atoms with E-state index < -0.39 is 0 Å². The SMILES string of the molecule is COc1ccc(NCc2cccc(OC)c2F)cc1C. The number of hydrogen-bond donors (Lipinski definition) is 1. The molecule has 0 heterocycles. The van der Waals surface area contributed by atoms with Crippen molar-refractivity contribution in [3.63, 3.8) is 0 Å². The molecule has 0 saturated heterocycles. The number of aryl methyl sites for hydroxylation is 1. The van der Waals surface area contributed by atoms with Crippen LogP contribution in [0.5, 0.6) is 11.5 Å². The highest BCUT2D eigenvalue weighted by molar-refractivity contribution is 5.51. The van der Waals surface area contributed by atoms with Gasteiger partial charge >= 0.3 is 0 Å². The van der Waals surface area contributed by atoms with Crippen molar-refractivity contribution in [2.45, 2.75) is 13.5 Å². The average Bonchev–Trinajstić information content (AvgIpc) is 2.46. The molecule has 0 atom stereocenters. The van der Waals surface area contributed by atoms with Crippen LogP contribution in [0.2, 0.25) is 0 Å². The first-order valence-corrected chi connectivity index (χ1v) is 6.35. The van der Waals surface area contributed by atoms with Crippen molar-refractivity contribution in [1.82, 2.24) is 0 Å². The molecular formula is C16H18FNO2. The topological polar surface area (TPSA) is 30.5 Å². The van der Waals surface area contributed by atoms with Gasteiger partial charge in [-0.05, 0) is 36.8 Å². The van der Waals surface area contributed by atoms with Crippen LogP contribution in [0, 0.1) is 12.7 Å². The summed E-state index contributed by atoms with van der Waals surface area (Å²) in [5.74, 6) is 0.769. The van der Waals surface area contributed by atoms with E-state index in [0.717, 1.165) is 17.0 Å². The smallest absolute Gasteiger partial charge is 0.170 e. The molecule has 0 aliphatic carbocycles. The predicted molar refractivity (Wildman–Crippen MR) is 78.0 cm³/mol. The molecule has 0 amide bonds. The third-order valence-electron chi connectivity index (χ3n) is 3.14. The zero-order valence-corrected chi connectivity index (χ0v) is 11.9. The summed E-state index contributed by atoms with van der Waals surface area (Å²) in [6.45, 7) is 2.37. The molecule has 0 spiro atoms. The van der Waals surface area contributed by atoms with Crippen LogP contribution in [-0.2, 0) is 6.54 Å². The van der Waals surface area contributed by atoms with Crippen molar-refractivity contribution in [2.75, 3.05) is 19.5 Å². The van der Waals surface area contributed by atoms with Crippen LogP contribution in [0.25, 0.3) is 0 Å². The third-order valence-corrected chi connectivity index (χ3v) is 3.14. The van der Waals surface area contributed by atoms with Gasteiger partial charge in [0.15, 0.2) is 11.6 Å². The monoisotopic (exact) mass is 275 g/mol.